The zero-order valence-corrected chi connectivity index (χ0v) is 8.44. The Morgan fingerprint density at radius 1 is 1.67 bits per heavy atom. The van der Waals surface area contributed by atoms with Crippen LogP contribution in [0.2, 0.25) is 0 Å². The Labute approximate surface area is 85.5 Å². The molecule has 0 bridgehead atoms. The van der Waals surface area contributed by atoms with Crippen LogP contribution in [0.15, 0.2) is 12.4 Å². The van der Waals surface area contributed by atoms with Gasteiger partial charge in [-0.25, -0.2) is 4.79 Å². The highest BCUT2D eigenvalue weighted by atomic mass is 19.3. The summed E-state index contributed by atoms with van der Waals surface area (Å²) in [6.45, 7) is 4.31. The van der Waals surface area contributed by atoms with Crippen LogP contribution in [0.4, 0.5) is 8.78 Å². The monoisotopic (exact) mass is 218 g/mol. The van der Waals surface area contributed by atoms with Gasteiger partial charge in [-0.3, -0.25) is 4.68 Å². The van der Waals surface area contributed by atoms with Gasteiger partial charge in [-0.15, -0.1) is 0 Å². The number of halogens is 2. The molecule has 0 aliphatic carbocycles. The molecule has 1 aromatic rings. The van der Waals surface area contributed by atoms with Gasteiger partial charge in [0.2, 0.25) is 0 Å². The van der Waals surface area contributed by atoms with Crippen LogP contribution in [-0.2, 0) is 17.3 Å². The van der Waals surface area contributed by atoms with Gasteiger partial charge in [-0.05, 0) is 5.92 Å². The van der Waals surface area contributed by atoms with Crippen molar-refractivity contribution in [1.29, 1.82) is 0 Å². The summed E-state index contributed by atoms with van der Waals surface area (Å²) in [6, 6.07) is 0. The third-order valence-corrected chi connectivity index (χ3v) is 1.82. The maximum Gasteiger partial charge on any atom is 0.379 e. The molecule has 0 radical (unpaired) electrons. The lowest BCUT2D eigenvalue weighted by molar-refractivity contribution is -0.166. The molecule has 1 rings (SSSR count). The summed E-state index contributed by atoms with van der Waals surface area (Å²) in [5, 5.41) is 12.0. The molecule has 1 aromatic heterocycles. The van der Waals surface area contributed by atoms with Crippen LogP contribution >= 0.6 is 0 Å². The van der Waals surface area contributed by atoms with Crippen molar-refractivity contribution in [2.24, 2.45) is 5.92 Å². The summed E-state index contributed by atoms with van der Waals surface area (Å²) in [5.41, 5.74) is -0.587. The number of aliphatic carboxylic acids is 1. The summed E-state index contributed by atoms with van der Waals surface area (Å²) >= 11 is 0. The van der Waals surface area contributed by atoms with E-state index in [-0.39, 0.29) is 5.92 Å². The van der Waals surface area contributed by atoms with Crippen LogP contribution < -0.4 is 0 Å². The van der Waals surface area contributed by atoms with Crippen molar-refractivity contribution < 1.29 is 18.7 Å². The Hall–Kier alpha value is -1.46. The molecule has 0 aliphatic rings. The first kappa shape index (κ1) is 11.6. The van der Waals surface area contributed by atoms with Gasteiger partial charge < -0.3 is 5.11 Å². The van der Waals surface area contributed by atoms with Crippen LogP contribution in [0.5, 0.6) is 0 Å². The van der Waals surface area contributed by atoms with Crippen LogP contribution in [0.25, 0.3) is 0 Å². The largest absolute Gasteiger partial charge is 0.477 e. The van der Waals surface area contributed by atoms with Crippen LogP contribution in [-0.4, -0.2) is 20.9 Å². The van der Waals surface area contributed by atoms with Crippen molar-refractivity contribution in [2.45, 2.75) is 26.3 Å². The van der Waals surface area contributed by atoms with Crippen molar-refractivity contribution >= 4 is 5.97 Å². The zero-order chi connectivity index (χ0) is 11.6. The van der Waals surface area contributed by atoms with E-state index in [0.717, 1.165) is 12.4 Å². The Bertz CT molecular complexity index is 361. The number of carbonyl (C=O) groups is 1. The van der Waals surface area contributed by atoms with Gasteiger partial charge in [0, 0.05) is 12.7 Å². The molecule has 0 unspecified atom stereocenters. The second-order valence-corrected chi connectivity index (χ2v) is 3.72. The van der Waals surface area contributed by atoms with Crippen molar-refractivity contribution in [3.63, 3.8) is 0 Å². The highest BCUT2D eigenvalue weighted by Crippen LogP contribution is 2.27. The minimum absolute atomic E-state index is 0.260. The summed E-state index contributed by atoms with van der Waals surface area (Å²) in [5.74, 6) is -5.77. The third-order valence-electron chi connectivity index (χ3n) is 1.82. The van der Waals surface area contributed by atoms with Gasteiger partial charge in [0.1, 0.15) is 0 Å². The third kappa shape index (κ3) is 2.51. The fraction of sp³-hybridized carbons (Fsp3) is 0.556. The molecule has 0 saturated heterocycles. The number of hydrogen-bond donors (Lipinski definition) is 1. The summed E-state index contributed by atoms with van der Waals surface area (Å²) in [4.78, 5) is 10.3. The molecule has 4 nitrogen and oxygen atoms in total. The molecule has 0 atom stereocenters. The second kappa shape index (κ2) is 3.96. The van der Waals surface area contributed by atoms with Crippen LogP contribution in [0.3, 0.4) is 0 Å². The molecule has 0 aliphatic heterocycles. The van der Waals surface area contributed by atoms with Crippen molar-refractivity contribution in [1.82, 2.24) is 9.78 Å². The number of carboxylic acids is 1. The fourth-order valence-corrected chi connectivity index (χ4v) is 1.12. The van der Waals surface area contributed by atoms with Crippen molar-refractivity contribution in [2.75, 3.05) is 0 Å². The van der Waals surface area contributed by atoms with E-state index in [2.05, 4.69) is 5.10 Å². The predicted octanol–water partition coefficient (Wildman–Crippen LogP) is 1.72. The molecule has 6 heteroatoms. The number of nitrogens with zero attached hydrogens (tertiary/aromatic N) is 2. The maximum absolute atomic E-state index is 13.0. The van der Waals surface area contributed by atoms with E-state index in [0.29, 0.717) is 6.54 Å². The summed E-state index contributed by atoms with van der Waals surface area (Å²) < 4.78 is 27.3. The molecular formula is C9H12F2N2O2. The minimum Gasteiger partial charge on any atom is -0.477 e. The van der Waals surface area contributed by atoms with Gasteiger partial charge in [-0.2, -0.15) is 13.9 Å². The summed E-state index contributed by atoms with van der Waals surface area (Å²) in [7, 11) is 0. The topological polar surface area (TPSA) is 55.1 Å². The average Bonchev–Trinajstić information content (AvgIpc) is 2.51. The van der Waals surface area contributed by atoms with Gasteiger partial charge in [0.15, 0.2) is 0 Å². The van der Waals surface area contributed by atoms with E-state index in [1.54, 1.807) is 0 Å². The van der Waals surface area contributed by atoms with E-state index < -0.39 is 17.5 Å². The number of hydrogen-bond acceptors (Lipinski definition) is 2. The molecule has 84 valence electrons. The number of alkyl halides is 2. The van der Waals surface area contributed by atoms with Gasteiger partial charge in [0.05, 0.1) is 11.8 Å². The Kier molecular flexibility index (Phi) is 3.06. The quantitative estimate of drug-likeness (QED) is 0.837. The SMILES string of the molecule is CC(C)Cn1cc(C(F)(F)C(=O)O)cn1. The molecule has 0 fully saturated rings. The zero-order valence-electron chi connectivity index (χ0n) is 8.44. The molecule has 15 heavy (non-hydrogen) atoms. The van der Waals surface area contributed by atoms with Gasteiger partial charge in [-0.1, -0.05) is 13.8 Å². The lowest BCUT2D eigenvalue weighted by Gasteiger charge is -2.07. The first-order valence-electron chi connectivity index (χ1n) is 4.48. The van der Waals surface area contributed by atoms with Gasteiger partial charge >= 0.3 is 11.9 Å². The van der Waals surface area contributed by atoms with Crippen LogP contribution in [0.1, 0.15) is 19.4 Å². The lowest BCUT2D eigenvalue weighted by Crippen LogP contribution is -2.24. The molecular weight excluding hydrogens is 206 g/mol. The molecule has 0 spiro atoms. The first-order valence-corrected chi connectivity index (χ1v) is 4.48. The molecule has 1 N–H and O–H groups in total. The minimum atomic E-state index is -3.87. The fourth-order valence-electron chi connectivity index (χ4n) is 1.12. The van der Waals surface area contributed by atoms with Crippen molar-refractivity contribution in [3.8, 4) is 0 Å². The highest BCUT2D eigenvalue weighted by Gasteiger charge is 2.42. The predicted molar refractivity (Wildman–Crippen MR) is 48.6 cm³/mol. The Morgan fingerprint density at radius 2 is 2.27 bits per heavy atom. The number of carboxylic acid groups (broad SMARTS) is 1. The molecule has 1 heterocycles. The Morgan fingerprint density at radius 3 is 2.73 bits per heavy atom. The van der Waals surface area contributed by atoms with E-state index in [9.17, 15) is 13.6 Å². The Balaban J connectivity index is 2.89. The van der Waals surface area contributed by atoms with E-state index in [1.807, 2.05) is 13.8 Å². The normalized spacial score (nSPS) is 12.1. The summed E-state index contributed by atoms with van der Waals surface area (Å²) in [6.07, 6.45) is 1.95. The standard InChI is InChI=1S/C9H12F2N2O2/c1-6(2)4-13-5-7(3-12-13)9(10,11)8(14)15/h3,5-6H,4H2,1-2H3,(H,14,15). The number of rotatable bonds is 4. The lowest BCUT2D eigenvalue weighted by atomic mass is 10.2. The van der Waals surface area contributed by atoms with Gasteiger partial charge in [0.25, 0.3) is 0 Å². The molecule has 0 amide bonds. The second-order valence-electron chi connectivity index (χ2n) is 3.72. The highest BCUT2D eigenvalue weighted by molar-refractivity contribution is 5.76. The molecule has 0 aromatic carbocycles. The first-order chi connectivity index (χ1) is 6.84. The van der Waals surface area contributed by atoms with Crippen LogP contribution in [0, 0.1) is 5.92 Å². The van der Waals surface area contributed by atoms with E-state index in [4.69, 9.17) is 5.11 Å². The number of aromatic nitrogens is 2. The maximum atomic E-state index is 13.0. The average molecular weight is 218 g/mol. The van der Waals surface area contributed by atoms with E-state index in [1.165, 1.54) is 4.68 Å². The van der Waals surface area contributed by atoms with E-state index >= 15 is 0 Å². The van der Waals surface area contributed by atoms with Crippen molar-refractivity contribution in [3.05, 3.63) is 18.0 Å². The smallest absolute Gasteiger partial charge is 0.379 e. The molecule has 0 saturated carbocycles.